The molecule has 4 nitrogen and oxygen atoms in total. The van der Waals surface area contributed by atoms with Gasteiger partial charge in [0.2, 0.25) is 5.91 Å². The molecule has 5 heteroatoms. The number of carbonyl (C=O) groups excluding carboxylic acids is 1. The van der Waals surface area contributed by atoms with Crippen molar-refractivity contribution < 1.29 is 9.53 Å². The summed E-state index contributed by atoms with van der Waals surface area (Å²) in [6.07, 6.45) is 1.74. The average Bonchev–Trinajstić information content (AvgIpc) is 2.65. The van der Waals surface area contributed by atoms with E-state index < -0.39 is 4.75 Å². The third-order valence-corrected chi connectivity index (χ3v) is 6.38. The van der Waals surface area contributed by atoms with Crippen molar-refractivity contribution in [2.45, 2.75) is 22.5 Å². The van der Waals surface area contributed by atoms with Gasteiger partial charge in [-0.3, -0.25) is 4.79 Å². The Balaban J connectivity index is 2.04. The number of nitrogens with zero attached hydrogens (tertiary/aromatic N) is 2. The van der Waals surface area contributed by atoms with Gasteiger partial charge in [-0.05, 0) is 63.3 Å². The summed E-state index contributed by atoms with van der Waals surface area (Å²) >= 11 is 1.68. The Morgan fingerprint density at radius 1 is 1.12 bits per heavy atom. The molecule has 138 valence electrons. The fraction of sp³-hybridized carbons (Fsp3) is 0.381. The predicted octanol–water partition coefficient (Wildman–Crippen LogP) is 4.00. The van der Waals surface area contributed by atoms with Gasteiger partial charge in [0.15, 0.2) is 0 Å². The molecule has 0 fully saturated rings. The van der Waals surface area contributed by atoms with Crippen molar-refractivity contribution in [3.63, 3.8) is 0 Å². The standard InChI is InChI=1S/C21H26N2O2S/c1-22(2)15-7-14-21(16-10-12-17(25-4)13-11-16)20(24)23(3)18-8-5-6-9-19(18)26-21/h5-6,8-13H,7,14-15H2,1-4H3. The third-order valence-electron chi connectivity index (χ3n) is 4.85. The number of amides is 1. The van der Waals surface area contributed by atoms with Crippen molar-refractivity contribution in [3.05, 3.63) is 54.1 Å². The summed E-state index contributed by atoms with van der Waals surface area (Å²) in [5.74, 6) is 0.948. The third kappa shape index (κ3) is 3.46. The topological polar surface area (TPSA) is 32.8 Å². The lowest BCUT2D eigenvalue weighted by molar-refractivity contribution is -0.121. The number of likely N-dealkylation sites (N-methyl/N-ethyl adjacent to an activating group) is 1. The molecule has 1 atom stereocenters. The number of methoxy groups -OCH3 is 1. The van der Waals surface area contributed by atoms with Gasteiger partial charge in [-0.2, -0.15) is 0 Å². The number of carbonyl (C=O) groups is 1. The molecule has 1 amide bonds. The van der Waals surface area contributed by atoms with Crippen molar-refractivity contribution >= 4 is 23.4 Å². The van der Waals surface area contributed by atoms with E-state index in [4.69, 9.17) is 4.74 Å². The normalized spacial score (nSPS) is 19.6. The first-order valence-corrected chi connectivity index (χ1v) is 9.65. The number of thioether (sulfide) groups is 1. The second-order valence-electron chi connectivity index (χ2n) is 6.90. The van der Waals surface area contributed by atoms with Gasteiger partial charge in [0.25, 0.3) is 0 Å². The summed E-state index contributed by atoms with van der Waals surface area (Å²) in [6.45, 7) is 0.955. The maximum absolute atomic E-state index is 13.5. The minimum absolute atomic E-state index is 0.144. The first-order chi connectivity index (χ1) is 12.5. The molecule has 2 aromatic rings. The van der Waals surface area contributed by atoms with Gasteiger partial charge in [0, 0.05) is 11.9 Å². The fourth-order valence-electron chi connectivity index (χ4n) is 3.42. The van der Waals surface area contributed by atoms with E-state index >= 15 is 0 Å². The molecule has 1 unspecified atom stereocenters. The summed E-state index contributed by atoms with van der Waals surface area (Å²) in [5, 5.41) is 0. The van der Waals surface area contributed by atoms with Crippen molar-refractivity contribution in [2.24, 2.45) is 0 Å². The zero-order valence-electron chi connectivity index (χ0n) is 15.9. The van der Waals surface area contributed by atoms with Crippen LogP contribution in [0.1, 0.15) is 18.4 Å². The quantitative estimate of drug-likeness (QED) is 0.769. The van der Waals surface area contributed by atoms with Crippen LogP contribution < -0.4 is 9.64 Å². The summed E-state index contributed by atoms with van der Waals surface area (Å²) in [6, 6.07) is 16.1. The van der Waals surface area contributed by atoms with Crippen LogP contribution in [0.4, 0.5) is 5.69 Å². The number of benzene rings is 2. The van der Waals surface area contributed by atoms with Gasteiger partial charge in [-0.1, -0.05) is 24.3 Å². The minimum Gasteiger partial charge on any atom is -0.497 e. The first kappa shape index (κ1) is 18.8. The van der Waals surface area contributed by atoms with Crippen LogP contribution >= 0.6 is 11.8 Å². The SMILES string of the molecule is COc1ccc(C2(CCCN(C)C)Sc3ccccc3N(C)C2=O)cc1. The Labute approximate surface area is 160 Å². The van der Waals surface area contributed by atoms with Gasteiger partial charge in [-0.15, -0.1) is 11.8 Å². The zero-order valence-corrected chi connectivity index (χ0v) is 16.7. The molecule has 0 saturated heterocycles. The minimum atomic E-state index is -0.606. The van der Waals surface area contributed by atoms with Crippen molar-refractivity contribution in [3.8, 4) is 5.75 Å². The van der Waals surface area contributed by atoms with Crippen molar-refractivity contribution in [2.75, 3.05) is 39.7 Å². The molecule has 2 aromatic carbocycles. The van der Waals surface area contributed by atoms with Crippen LogP contribution in [-0.4, -0.2) is 45.6 Å². The van der Waals surface area contributed by atoms with E-state index in [1.54, 1.807) is 18.9 Å². The Morgan fingerprint density at radius 3 is 2.46 bits per heavy atom. The lowest BCUT2D eigenvalue weighted by Gasteiger charge is -2.41. The molecule has 3 rings (SSSR count). The smallest absolute Gasteiger partial charge is 0.247 e. The molecular weight excluding hydrogens is 344 g/mol. The Morgan fingerprint density at radius 2 is 1.81 bits per heavy atom. The molecule has 0 aliphatic carbocycles. The number of hydrogen-bond acceptors (Lipinski definition) is 4. The molecule has 0 bridgehead atoms. The monoisotopic (exact) mass is 370 g/mol. The molecule has 26 heavy (non-hydrogen) atoms. The second kappa shape index (κ2) is 7.72. The van der Waals surface area contributed by atoms with E-state index in [1.165, 1.54) is 0 Å². The van der Waals surface area contributed by atoms with E-state index in [2.05, 4.69) is 25.1 Å². The average molecular weight is 371 g/mol. The van der Waals surface area contributed by atoms with Gasteiger partial charge >= 0.3 is 0 Å². The Hall–Kier alpha value is -1.98. The highest BCUT2D eigenvalue weighted by Crippen LogP contribution is 2.53. The zero-order chi connectivity index (χ0) is 18.7. The largest absolute Gasteiger partial charge is 0.497 e. The molecule has 0 radical (unpaired) electrons. The molecule has 1 aliphatic heterocycles. The number of rotatable bonds is 6. The van der Waals surface area contributed by atoms with E-state index in [-0.39, 0.29) is 5.91 Å². The molecule has 0 aromatic heterocycles. The van der Waals surface area contributed by atoms with Gasteiger partial charge in [-0.25, -0.2) is 0 Å². The predicted molar refractivity (Wildman–Crippen MR) is 108 cm³/mol. The van der Waals surface area contributed by atoms with E-state index in [1.807, 2.05) is 54.4 Å². The van der Waals surface area contributed by atoms with Gasteiger partial charge in [0.1, 0.15) is 10.5 Å². The summed E-state index contributed by atoms with van der Waals surface area (Å²) in [7, 11) is 7.67. The maximum atomic E-state index is 13.5. The van der Waals surface area contributed by atoms with Crippen LogP contribution in [0, 0.1) is 0 Å². The van der Waals surface area contributed by atoms with Crippen LogP contribution in [0.25, 0.3) is 0 Å². The summed E-state index contributed by atoms with van der Waals surface area (Å²) < 4.78 is 4.69. The van der Waals surface area contributed by atoms with Gasteiger partial charge in [0.05, 0.1) is 12.8 Å². The van der Waals surface area contributed by atoms with Crippen LogP contribution in [0.5, 0.6) is 5.75 Å². The highest BCUT2D eigenvalue weighted by Gasteiger charge is 2.46. The highest BCUT2D eigenvalue weighted by molar-refractivity contribution is 8.01. The number of para-hydroxylation sites is 1. The van der Waals surface area contributed by atoms with E-state index in [9.17, 15) is 4.79 Å². The molecule has 0 spiro atoms. The summed E-state index contributed by atoms with van der Waals surface area (Å²) in [4.78, 5) is 18.6. The fourth-order valence-corrected chi connectivity index (χ4v) is 4.98. The van der Waals surface area contributed by atoms with E-state index in [0.717, 1.165) is 41.3 Å². The van der Waals surface area contributed by atoms with Crippen molar-refractivity contribution in [1.29, 1.82) is 0 Å². The highest BCUT2D eigenvalue weighted by atomic mass is 32.2. The Bertz CT molecular complexity index is 776. The molecule has 1 heterocycles. The molecule has 0 saturated carbocycles. The number of hydrogen-bond donors (Lipinski definition) is 0. The number of ether oxygens (including phenoxy) is 1. The summed E-state index contributed by atoms with van der Waals surface area (Å²) in [5.41, 5.74) is 2.02. The second-order valence-corrected chi connectivity index (χ2v) is 8.24. The number of anilines is 1. The molecule has 1 aliphatic rings. The maximum Gasteiger partial charge on any atom is 0.247 e. The number of fused-ring (bicyclic) bond motifs is 1. The lowest BCUT2D eigenvalue weighted by atomic mass is 9.90. The van der Waals surface area contributed by atoms with Crippen LogP contribution in [0.2, 0.25) is 0 Å². The Kier molecular flexibility index (Phi) is 5.58. The van der Waals surface area contributed by atoms with Crippen LogP contribution in [0.15, 0.2) is 53.4 Å². The van der Waals surface area contributed by atoms with E-state index in [0.29, 0.717) is 0 Å². The first-order valence-electron chi connectivity index (χ1n) is 8.83. The molecule has 0 N–H and O–H groups in total. The van der Waals surface area contributed by atoms with Crippen LogP contribution in [-0.2, 0) is 9.54 Å². The molecular formula is C21H26N2O2S. The van der Waals surface area contributed by atoms with Crippen molar-refractivity contribution in [1.82, 2.24) is 4.90 Å². The van der Waals surface area contributed by atoms with Gasteiger partial charge < -0.3 is 14.5 Å². The lowest BCUT2D eigenvalue weighted by Crippen LogP contribution is -2.46. The van der Waals surface area contributed by atoms with Crippen LogP contribution in [0.3, 0.4) is 0 Å².